The summed E-state index contributed by atoms with van der Waals surface area (Å²) in [5, 5.41) is 14.9. The maximum atomic E-state index is 13.5. The van der Waals surface area contributed by atoms with E-state index < -0.39 is 29.5 Å². The molecule has 3 aromatic rings. The van der Waals surface area contributed by atoms with Gasteiger partial charge in [0.1, 0.15) is 5.56 Å². The normalized spacial score (nSPS) is 11.6. The Labute approximate surface area is 204 Å². The number of aliphatic carboxylic acids is 1. The summed E-state index contributed by atoms with van der Waals surface area (Å²) in [5.74, 6) is -1.32. The fourth-order valence-electron chi connectivity index (χ4n) is 3.97. The lowest BCUT2D eigenvalue weighted by atomic mass is 9.98. The summed E-state index contributed by atoms with van der Waals surface area (Å²) < 4.78 is 1.53. The van der Waals surface area contributed by atoms with E-state index in [9.17, 15) is 19.5 Å². The Morgan fingerprint density at radius 3 is 2.11 bits per heavy atom. The highest BCUT2D eigenvalue weighted by molar-refractivity contribution is 5.94. The molecule has 35 heavy (non-hydrogen) atoms. The Kier molecular flexibility index (Phi) is 8.83. The van der Waals surface area contributed by atoms with Gasteiger partial charge in [0.25, 0.3) is 11.5 Å². The van der Waals surface area contributed by atoms with Gasteiger partial charge >= 0.3 is 5.97 Å². The first-order chi connectivity index (χ1) is 16.9. The van der Waals surface area contributed by atoms with E-state index in [4.69, 9.17) is 5.73 Å². The third-order valence-corrected chi connectivity index (χ3v) is 5.57. The van der Waals surface area contributed by atoms with Gasteiger partial charge in [0.05, 0.1) is 18.3 Å². The van der Waals surface area contributed by atoms with Crippen molar-refractivity contribution in [1.29, 1.82) is 0 Å². The first-order valence-electron chi connectivity index (χ1n) is 11.4. The molecule has 8 heteroatoms. The molecule has 0 saturated heterocycles. The first kappa shape index (κ1) is 25.3. The molecule has 182 valence electrons. The molecule has 0 fully saturated rings. The minimum absolute atomic E-state index is 0.0480. The maximum absolute atomic E-state index is 13.5. The number of nitrogens with two attached hydrogens (primary N) is 1. The second-order valence-corrected chi connectivity index (χ2v) is 8.22. The van der Waals surface area contributed by atoms with Gasteiger partial charge in [-0.3, -0.25) is 14.4 Å². The summed E-state index contributed by atoms with van der Waals surface area (Å²) >= 11 is 0. The van der Waals surface area contributed by atoms with Crippen molar-refractivity contribution in [2.45, 2.75) is 31.3 Å². The van der Waals surface area contributed by atoms with Crippen LogP contribution in [0.4, 0.5) is 0 Å². The number of carbonyl (C=O) groups is 2. The van der Waals surface area contributed by atoms with Crippen LogP contribution >= 0.6 is 0 Å². The van der Waals surface area contributed by atoms with E-state index >= 15 is 0 Å². The molecule has 0 aliphatic carbocycles. The summed E-state index contributed by atoms with van der Waals surface area (Å²) in [5.41, 5.74) is 6.77. The van der Waals surface area contributed by atoms with Crippen LogP contribution in [0.1, 0.15) is 46.8 Å². The molecule has 1 amide bonds. The molecule has 8 nitrogen and oxygen atoms in total. The maximum Gasteiger partial charge on any atom is 0.305 e. The van der Waals surface area contributed by atoms with Crippen LogP contribution in [0.2, 0.25) is 0 Å². The molecule has 0 aliphatic rings. The topological polar surface area (TPSA) is 126 Å². The van der Waals surface area contributed by atoms with Crippen LogP contribution in [0, 0.1) is 0 Å². The highest BCUT2D eigenvalue weighted by Crippen LogP contribution is 2.25. The van der Waals surface area contributed by atoms with Gasteiger partial charge in [-0.2, -0.15) is 0 Å². The number of carboxylic acid groups (broad SMARTS) is 1. The van der Waals surface area contributed by atoms with Gasteiger partial charge in [-0.25, -0.2) is 0 Å². The SMILES string of the molecule is C=C(N)NCCCC(CC(=O)O)NC(=O)c1cccn(C(c2ccccc2)c2ccccc2)c1=O. The molecule has 1 aromatic heterocycles. The third kappa shape index (κ3) is 7.07. The lowest BCUT2D eigenvalue weighted by Gasteiger charge is -2.22. The van der Waals surface area contributed by atoms with Gasteiger partial charge in [0.2, 0.25) is 0 Å². The van der Waals surface area contributed by atoms with Crippen molar-refractivity contribution in [3.05, 3.63) is 118 Å². The number of hydrogen-bond donors (Lipinski definition) is 4. The van der Waals surface area contributed by atoms with Gasteiger partial charge in [0.15, 0.2) is 0 Å². The average Bonchev–Trinajstić information content (AvgIpc) is 2.84. The van der Waals surface area contributed by atoms with Gasteiger partial charge < -0.3 is 26.0 Å². The fourth-order valence-corrected chi connectivity index (χ4v) is 3.97. The highest BCUT2D eigenvalue weighted by atomic mass is 16.4. The van der Waals surface area contributed by atoms with E-state index in [0.29, 0.717) is 25.2 Å². The van der Waals surface area contributed by atoms with Gasteiger partial charge in [-0.15, -0.1) is 0 Å². The average molecular weight is 475 g/mol. The summed E-state index contributed by atoms with van der Waals surface area (Å²) in [6.45, 7) is 4.05. The molecular formula is C27H30N4O4. The van der Waals surface area contributed by atoms with Crippen LogP contribution in [0.3, 0.4) is 0 Å². The van der Waals surface area contributed by atoms with Crippen molar-refractivity contribution >= 4 is 11.9 Å². The number of amides is 1. The molecular weight excluding hydrogens is 444 g/mol. The van der Waals surface area contributed by atoms with Crippen LogP contribution in [0.25, 0.3) is 0 Å². The Balaban J connectivity index is 1.88. The number of nitrogens with one attached hydrogen (secondary N) is 2. The lowest BCUT2D eigenvalue weighted by molar-refractivity contribution is -0.137. The number of hydrogen-bond acceptors (Lipinski definition) is 5. The Hall–Kier alpha value is -4.33. The molecule has 3 rings (SSSR count). The van der Waals surface area contributed by atoms with Crippen LogP contribution < -0.4 is 21.9 Å². The Bertz CT molecular complexity index is 1170. The number of rotatable bonds is 12. The molecule has 1 atom stereocenters. The smallest absolute Gasteiger partial charge is 0.305 e. The van der Waals surface area contributed by atoms with E-state index in [1.165, 1.54) is 10.6 Å². The van der Waals surface area contributed by atoms with Crippen molar-refractivity contribution < 1.29 is 14.7 Å². The molecule has 0 spiro atoms. The van der Waals surface area contributed by atoms with Gasteiger partial charge in [-0.1, -0.05) is 67.2 Å². The molecule has 1 heterocycles. The molecule has 5 N–H and O–H groups in total. The quantitative estimate of drug-likeness (QED) is 0.299. The van der Waals surface area contributed by atoms with E-state index in [2.05, 4.69) is 17.2 Å². The van der Waals surface area contributed by atoms with Crippen molar-refractivity contribution in [3.63, 3.8) is 0 Å². The standard InChI is InChI=1S/C27H30N4O4/c1-19(28)29-16-8-14-22(18-24(32)33)30-26(34)23-15-9-17-31(27(23)35)25(20-10-4-2-5-11-20)21-12-6-3-7-13-21/h2-7,9-13,15,17,22,25,29H,1,8,14,16,18,28H2,(H,30,34)(H,32,33). The van der Waals surface area contributed by atoms with Gasteiger partial charge in [-0.05, 0) is 36.1 Å². The predicted molar refractivity (Wildman–Crippen MR) is 135 cm³/mol. The van der Waals surface area contributed by atoms with E-state index in [1.807, 2.05) is 60.7 Å². The summed E-state index contributed by atoms with van der Waals surface area (Å²) in [7, 11) is 0. The molecule has 0 radical (unpaired) electrons. The van der Waals surface area contributed by atoms with Crippen LogP contribution in [0.5, 0.6) is 0 Å². The van der Waals surface area contributed by atoms with Crippen molar-refractivity contribution in [2.24, 2.45) is 5.73 Å². The number of carbonyl (C=O) groups excluding carboxylic acids is 1. The number of nitrogens with zero attached hydrogens (tertiary/aromatic N) is 1. The highest BCUT2D eigenvalue weighted by Gasteiger charge is 2.23. The molecule has 1 unspecified atom stereocenters. The number of benzene rings is 2. The number of carboxylic acids is 1. The second-order valence-electron chi connectivity index (χ2n) is 8.22. The minimum Gasteiger partial charge on any atom is -0.481 e. The molecule has 0 saturated carbocycles. The van der Waals surface area contributed by atoms with Crippen molar-refractivity contribution in [2.75, 3.05) is 6.54 Å². The zero-order valence-electron chi connectivity index (χ0n) is 19.4. The second kappa shape index (κ2) is 12.2. The van der Waals surface area contributed by atoms with Gasteiger partial charge in [0, 0.05) is 18.8 Å². The minimum atomic E-state index is -1.04. The van der Waals surface area contributed by atoms with E-state index in [-0.39, 0.29) is 12.0 Å². The first-order valence-corrected chi connectivity index (χ1v) is 11.4. The number of pyridine rings is 1. The van der Waals surface area contributed by atoms with Crippen molar-refractivity contribution in [3.8, 4) is 0 Å². The van der Waals surface area contributed by atoms with E-state index in [0.717, 1.165) is 11.1 Å². The summed E-state index contributed by atoms with van der Waals surface area (Å²) in [4.78, 5) is 37.9. The Morgan fingerprint density at radius 1 is 0.971 bits per heavy atom. The summed E-state index contributed by atoms with van der Waals surface area (Å²) in [6, 6.07) is 21.2. The predicted octanol–water partition coefficient (Wildman–Crippen LogP) is 2.86. The molecule has 2 aromatic carbocycles. The zero-order chi connectivity index (χ0) is 25.2. The zero-order valence-corrected chi connectivity index (χ0v) is 19.4. The van der Waals surface area contributed by atoms with Crippen LogP contribution in [0.15, 0.2) is 96.2 Å². The molecule has 0 bridgehead atoms. The fraction of sp³-hybridized carbons (Fsp3) is 0.222. The van der Waals surface area contributed by atoms with Crippen LogP contribution in [-0.4, -0.2) is 34.1 Å². The molecule has 0 aliphatic heterocycles. The lowest BCUT2D eigenvalue weighted by Crippen LogP contribution is -2.41. The van der Waals surface area contributed by atoms with Crippen molar-refractivity contribution in [1.82, 2.24) is 15.2 Å². The number of aromatic nitrogens is 1. The third-order valence-electron chi connectivity index (χ3n) is 5.57. The Morgan fingerprint density at radius 2 is 1.57 bits per heavy atom. The van der Waals surface area contributed by atoms with Crippen LogP contribution in [-0.2, 0) is 4.79 Å². The monoisotopic (exact) mass is 474 g/mol. The summed E-state index contributed by atoms with van der Waals surface area (Å²) in [6.07, 6.45) is 2.37. The largest absolute Gasteiger partial charge is 0.481 e. The van der Waals surface area contributed by atoms with E-state index in [1.54, 1.807) is 12.3 Å².